The van der Waals surface area contributed by atoms with Gasteiger partial charge in [0, 0.05) is 16.1 Å². The summed E-state index contributed by atoms with van der Waals surface area (Å²) in [4.78, 5) is 11.2. The number of halogens is 2. The summed E-state index contributed by atoms with van der Waals surface area (Å²) >= 11 is 3.24. The number of hydrogen-bond acceptors (Lipinski definition) is 3. The summed E-state index contributed by atoms with van der Waals surface area (Å²) in [6.45, 7) is 3.64. The van der Waals surface area contributed by atoms with Gasteiger partial charge in [-0.15, -0.1) is 5.10 Å². The molecular formula is C12H11BrFN3O2. The molecule has 100 valence electrons. The topological polar surface area (TPSA) is 68.0 Å². The Morgan fingerprint density at radius 2 is 2.16 bits per heavy atom. The minimum Gasteiger partial charge on any atom is -0.476 e. The first kappa shape index (κ1) is 13.7. The van der Waals surface area contributed by atoms with E-state index in [1.54, 1.807) is 6.07 Å². The van der Waals surface area contributed by atoms with Gasteiger partial charge in [0.15, 0.2) is 5.69 Å². The number of aromatic carboxylic acids is 1. The summed E-state index contributed by atoms with van der Waals surface area (Å²) in [6.07, 6.45) is 0. The van der Waals surface area contributed by atoms with Crippen LogP contribution in [-0.4, -0.2) is 26.1 Å². The summed E-state index contributed by atoms with van der Waals surface area (Å²) in [7, 11) is 0. The molecule has 0 spiro atoms. The Kier molecular flexibility index (Phi) is 3.66. The number of hydrogen-bond donors (Lipinski definition) is 1. The van der Waals surface area contributed by atoms with Gasteiger partial charge in [-0.25, -0.2) is 13.9 Å². The van der Waals surface area contributed by atoms with Gasteiger partial charge in [-0.05, 0) is 32.0 Å². The molecule has 0 saturated carbocycles. The molecule has 1 aromatic carbocycles. The summed E-state index contributed by atoms with van der Waals surface area (Å²) in [6, 6.07) is 4.19. The third-order valence-corrected chi connectivity index (χ3v) is 3.06. The monoisotopic (exact) mass is 327 g/mol. The molecule has 19 heavy (non-hydrogen) atoms. The fourth-order valence-corrected chi connectivity index (χ4v) is 2.09. The Morgan fingerprint density at radius 1 is 1.47 bits per heavy atom. The largest absolute Gasteiger partial charge is 0.476 e. The highest BCUT2D eigenvalue weighted by atomic mass is 79.9. The second-order valence-corrected chi connectivity index (χ2v) is 5.17. The van der Waals surface area contributed by atoms with Crippen molar-refractivity contribution in [1.29, 1.82) is 0 Å². The van der Waals surface area contributed by atoms with Crippen molar-refractivity contribution in [2.75, 3.05) is 0 Å². The molecule has 5 nitrogen and oxygen atoms in total. The van der Waals surface area contributed by atoms with Crippen LogP contribution in [0.3, 0.4) is 0 Å². The molecule has 2 aromatic rings. The van der Waals surface area contributed by atoms with Gasteiger partial charge in [-0.1, -0.05) is 21.1 Å². The maximum atomic E-state index is 13.9. The molecule has 0 amide bonds. The fourth-order valence-electron chi connectivity index (χ4n) is 1.73. The first-order valence-corrected chi connectivity index (χ1v) is 6.35. The van der Waals surface area contributed by atoms with E-state index >= 15 is 0 Å². The summed E-state index contributed by atoms with van der Waals surface area (Å²) < 4.78 is 16.0. The molecule has 0 aliphatic carbocycles. The van der Waals surface area contributed by atoms with Crippen LogP contribution in [-0.2, 0) is 0 Å². The maximum Gasteiger partial charge on any atom is 0.358 e. The molecule has 0 unspecified atom stereocenters. The average molecular weight is 328 g/mol. The van der Waals surface area contributed by atoms with Gasteiger partial charge in [0.2, 0.25) is 0 Å². The highest BCUT2D eigenvalue weighted by molar-refractivity contribution is 9.10. The predicted molar refractivity (Wildman–Crippen MR) is 70.5 cm³/mol. The summed E-state index contributed by atoms with van der Waals surface area (Å²) in [5.74, 6) is -1.75. The van der Waals surface area contributed by atoms with Crippen molar-refractivity contribution in [3.8, 4) is 11.3 Å². The third-order valence-electron chi connectivity index (χ3n) is 2.57. The average Bonchev–Trinajstić information content (AvgIpc) is 2.76. The number of nitrogens with zero attached hydrogens (tertiary/aromatic N) is 3. The number of carboxylic acid groups (broad SMARTS) is 1. The van der Waals surface area contributed by atoms with E-state index in [1.807, 2.05) is 13.8 Å². The first-order valence-electron chi connectivity index (χ1n) is 5.55. The van der Waals surface area contributed by atoms with Crippen LogP contribution in [0.25, 0.3) is 11.3 Å². The molecule has 0 atom stereocenters. The Labute approximate surface area is 117 Å². The molecule has 1 heterocycles. The van der Waals surface area contributed by atoms with Crippen molar-refractivity contribution >= 4 is 21.9 Å². The molecule has 1 N–H and O–H groups in total. The van der Waals surface area contributed by atoms with Crippen LogP contribution in [0.2, 0.25) is 0 Å². The second kappa shape index (κ2) is 5.08. The Balaban J connectivity index is 2.75. The number of carboxylic acids is 1. The Hall–Kier alpha value is -1.76. The SMILES string of the molecule is CC(C)n1nnc(C(=O)O)c1-c1cc(Br)ccc1F. The van der Waals surface area contributed by atoms with E-state index in [0.717, 1.165) is 0 Å². The number of rotatable bonds is 3. The highest BCUT2D eigenvalue weighted by Gasteiger charge is 2.24. The van der Waals surface area contributed by atoms with Crippen molar-refractivity contribution in [2.45, 2.75) is 19.9 Å². The van der Waals surface area contributed by atoms with Crippen molar-refractivity contribution in [3.63, 3.8) is 0 Å². The van der Waals surface area contributed by atoms with Crippen LogP contribution in [0.5, 0.6) is 0 Å². The van der Waals surface area contributed by atoms with E-state index in [-0.39, 0.29) is 23.0 Å². The molecule has 0 aliphatic heterocycles. The molecule has 0 fully saturated rings. The molecule has 7 heteroatoms. The Morgan fingerprint density at radius 3 is 2.74 bits per heavy atom. The van der Waals surface area contributed by atoms with Gasteiger partial charge >= 0.3 is 5.97 Å². The maximum absolute atomic E-state index is 13.9. The van der Waals surface area contributed by atoms with Gasteiger partial charge in [0.25, 0.3) is 0 Å². The minimum atomic E-state index is -1.23. The number of benzene rings is 1. The van der Waals surface area contributed by atoms with Crippen LogP contribution in [0.4, 0.5) is 4.39 Å². The zero-order valence-corrected chi connectivity index (χ0v) is 11.8. The molecule has 2 rings (SSSR count). The van der Waals surface area contributed by atoms with E-state index in [2.05, 4.69) is 26.2 Å². The number of aromatic nitrogens is 3. The van der Waals surface area contributed by atoms with Gasteiger partial charge in [-0.2, -0.15) is 0 Å². The molecule has 0 aliphatic rings. The molecular weight excluding hydrogens is 317 g/mol. The lowest BCUT2D eigenvalue weighted by Crippen LogP contribution is -2.08. The van der Waals surface area contributed by atoms with E-state index in [1.165, 1.54) is 16.8 Å². The smallest absolute Gasteiger partial charge is 0.358 e. The lowest BCUT2D eigenvalue weighted by Gasteiger charge is -2.11. The van der Waals surface area contributed by atoms with Crippen molar-refractivity contribution < 1.29 is 14.3 Å². The Bertz CT molecular complexity index is 640. The van der Waals surface area contributed by atoms with E-state index in [4.69, 9.17) is 5.11 Å². The van der Waals surface area contributed by atoms with Crippen LogP contribution in [0.1, 0.15) is 30.4 Å². The van der Waals surface area contributed by atoms with Crippen LogP contribution in [0, 0.1) is 5.82 Å². The molecule has 0 radical (unpaired) electrons. The minimum absolute atomic E-state index is 0.131. The van der Waals surface area contributed by atoms with Crippen LogP contribution >= 0.6 is 15.9 Å². The van der Waals surface area contributed by atoms with Gasteiger partial charge in [0.05, 0.1) is 0 Å². The normalized spacial score (nSPS) is 11.0. The lowest BCUT2D eigenvalue weighted by atomic mass is 10.1. The van der Waals surface area contributed by atoms with Gasteiger partial charge in [0.1, 0.15) is 11.5 Å². The quantitative estimate of drug-likeness (QED) is 0.940. The number of carbonyl (C=O) groups is 1. The van der Waals surface area contributed by atoms with Crippen molar-refractivity contribution in [1.82, 2.24) is 15.0 Å². The standard InChI is InChI=1S/C12H11BrFN3O2/c1-6(2)17-11(10(12(18)19)15-16-17)8-5-7(13)3-4-9(8)14/h3-6H,1-2H3,(H,18,19). The van der Waals surface area contributed by atoms with E-state index in [0.29, 0.717) is 4.47 Å². The van der Waals surface area contributed by atoms with E-state index < -0.39 is 11.8 Å². The summed E-state index contributed by atoms with van der Waals surface area (Å²) in [5, 5.41) is 16.5. The lowest BCUT2D eigenvalue weighted by molar-refractivity contribution is 0.0691. The third kappa shape index (κ3) is 2.51. The second-order valence-electron chi connectivity index (χ2n) is 4.25. The zero-order chi connectivity index (χ0) is 14.2. The van der Waals surface area contributed by atoms with Gasteiger partial charge in [-0.3, -0.25) is 0 Å². The van der Waals surface area contributed by atoms with Crippen molar-refractivity contribution in [3.05, 3.63) is 34.2 Å². The zero-order valence-electron chi connectivity index (χ0n) is 10.3. The molecule has 0 bridgehead atoms. The molecule has 1 aromatic heterocycles. The van der Waals surface area contributed by atoms with Crippen LogP contribution in [0.15, 0.2) is 22.7 Å². The molecule has 0 saturated heterocycles. The van der Waals surface area contributed by atoms with Crippen LogP contribution < -0.4 is 0 Å². The van der Waals surface area contributed by atoms with Gasteiger partial charge < -0.3 is 5.11 Å². The fraction of sp³-hybridized carbons (Fsp3) is 0.250. The first-order chi connectivity index (χ1) is 8.91. The highest BCUT2D eigenvalue weighted by Crippen LogP contribution is 2.29. The predicted octanol–water partition coefficient (Wildman–Crippen LogP) is 3.13. The van der Waals surface area contributed by atoms with Crippen molar-refractivity contribution in [2.24, 2.45) is 0 Å². The summed E-state index contributed by atoms with van der Waals surface area (Å²) in [5.41, 5.74) is 0.0671. The van der Waals surface area contributed by atoms with E-state index in [9.17, 15) is 9.18 Å².